The van der Waals surface area contributed by atoms with Crippen molar-refractivity contribution in [3.05, 3.63) is 100 Å². The minimum absolute atomic E-state index is 0.0124. The van der Waals surface area contributed by atoms with Crippen LogP contribution in [0.3, 0.4) is 0 Å². The minimum Gasteiger partial charge on any atom is -0.268 e. The summed E-state index contributed by atoms with van der Waals surface area (Å²) in [5.41, 5.74) is -1.05. The SMILES string of the molecule is CC(c1nc2ccccc2c(=O)n1-c1ccc(F)cc1)N(C)S(=O)(=O)c1cccc(C(F)(F)F)c1. The average molecular weight is 505 g/mol. The minimum atomic E-state index is -4.72. The molecule has 0 N–H and O–H groups in total. The lowest BCUT2D eigenvalue weighted by molar-refractivity contribution is -0.137. The Morgan fingerprint density at radius 2 is 1.63 bits per heavy atom. The van der Waals surface area contributed by atoms with Crippen molar-refractivity contribution in [1.82, 2.24) is 13.9 Å². The monoisotopic (exact) mass is 505 g/mol. The molecule has 11 heteroatoms. The fraction of sp³-hybridized carbons (Fsp3) is 0.167. The molecule has 4 aromatic rings. The third-order valence-electron chi connectivity index (χ3n) is 5.64. The van der Waals surface area contributed by atoms with Gasteiger partial charge in [-0.2, -0.15) is 17.5 Å². The van der Waals surface area contributed by atoms with E-state index in [0.29, 0.717) is 11.6 Å². The van der Waals surface area contributed by atoms with Crippen LogP contribution in [-0.2, 0) is 16.2 Å². The van der Waals surface area contributed by atoms with Crippen LogP contribution in [0.15, 0.2) is 82.5 Å². The van der Waals surface area contributed by atoms with E-state index in [4.69, 9.17) is 0 Å². The average Bonchev–Trinajstić information content (AvgIpc) is 2.83. The van der Waals surface area contributed by atoms with Crippen molar-refractivity contribution in [3.63, 3.8) is 0 Å². The Morgan fingerprint density at radius 3 is 2.29 bits per heavy atom. The van der Waals surface area contributed by atoms with Crippen LogP contribution >= 0.6 is 0 Å². The van der Waals surface area contributed by atoms with Crippen LogP contribution in [0.4, 0.5) is 17.6 Å². The van der Waals surface area contributed by atoms with Crippen molar-refractivity contribution in [2.45, 2.75) is 24.0 Å². The van der Waals surface area contributed by atoms with Crippen LogP contribution in [0.2, 0.25) is 0 Å². The fourth-order valence-corrected chi connectivity index (χ4v) is 5.01. The zero-order valence-electron chi connectivity index (χ0n) is 18.5. The van der Waals surface area contributed by atoms with E-state index < -0.39 is 44.1 Å². The molecule has 0 saturated carbocycles. The molecule has 3 aromatic carbocycles. The van der Waals surface area contributed by atoms with Gasteiger partial charge in [0.05, 0.1) is 33.1 Å². The van der Waals surface area contributed by atoms with Crippen LogP contribution < -0.4 is 5.56 Å². The van der Waals surface area contributed by atoms with Gasteiger partial charge < -0.3 is 0 Å². The van der Waals surface area contributed by atoms with Crippen LogP contribution in [0.1, 0.15) is 24.4 Å². The molecule has 1 unspecified atom stereocenters. The molecule has 0 fully saturated rings. The Bertz CT molecular complexity index is 1570. The third kappa shape index (κ3) is 4.56. The number of halogens is 4. The zero-order valence-corrected chi connectivity index (χ0v) is 19.3. The molecule has 0 amide bonds. The predicted octanol–water partition coefficient (Wildman–Crippen LogP) is 4.93. The number of aromatic nitrogens is 2. The number of fused-ring (bicyclic) bond motifs is 1. The number of para-hydroxylation sites is 1. The van der Waals surface area contributed by atoms with Gasteiger partial charge in [0.25, 0.3) is 5.56 Å². The van der Waals surface area contributed by atoms with Crippen LogP contribution in [0.25, 0.3) is 16.6 Å². The van der Waals surface area contributed by atoms with E-state index in [1.165, 1.54) is 30.7 Å². The zero-order chi connectivity index (χ0) is 25.5. The Balaban J connectivity index is 1.88. The standard InChI is InChI=1S/C24H19F4N3O3S/c1-15(30(2)35(33,34)19-7-5-6-16(14-19)24(26,27)28)22-29-21-9-4-3-8-20(21)23(32)31(22)18-12-10-17(25)11-13-18/h3-15H,1-2H3. The molecule has 35 heavy (non-hydrogen) atoms. The smallest absolute Gasteiger partial charge is 0.268 e. The van der Waals surface area contributed by atoms with Crippen LogP contribution in [0.5, 0.6) is 0 Å². The molecular formula is C24H19F4N3O3S. The second-order valence-corrected chi connectivity index (χ2v) is 9.82. The summed E-state index contributed by atoms with van der Waals surface area (Å²) in [6.45, 7) is 1.46. The van der Waals surface area contributed by atoms with E-state index in [0.717, 1.165) is 34.6 Å². The van der Waals surface area contributed by atoms with E-state index in [9.17, 15) is 30.8 Å². The summed E-state index contributed by atoms with van der Waals surface area (Å²) in [4.78, 5) is 17.3. The van der Waals surface area contributed by atoms with E-state index in [-0.39, 0.29) is 16.9 Å². The molecule has 0 radical (unpaired) electrons. The highest BCUT2D eigenvalue weighted by atomic mass is 32.2. The van der Waals surface area contributed by atoms with Crippen molar-refractivity contribution in [2.24, 2.45) is 0 Å². The van der Waals surface area contributed by atoms with E-state index in [1.54, 1.807) is 24.3 Å². The lowest BCUT2D eigenvalue weighted by Crippen LogP contribution is -2.35. The maximum atomic E-state index is 13.5. The first kappa shape index (κ1) is 24.6. The number of hydrogen-bond acceptors (Lipinski definition) is 4. The fourth-order valence-electron chi connectivity index (χ4n) is 3.64. The van der Waals surface area contributed by atoms with Gasteiger partial charge in [0.15, 0.2) is 0 Å². The van der Waals surface area contributed by atoms with Gasteiger partial charge in [0.2, 0.25) is 10.0 Å². The lowest BCUT2D eigenvalue weighted by Gasteiger charge is -2.26. The highest BCUT2D eigenvalue weighted by molar-refractivity contribution is 7.89. The molecule has 0 aliphatic carbocycles. The molecule has 0 spiro atoms. The molecular weight excluding hydrogens is 486 g/mol. The molecule has 0 aliphatic rings. The molecule has 182 valence electrons. The van der Waals surface area contributed by atoms with Gasteiger partial charge in [-0.05, 0) is 61.5 Å². The molecule has 1 atom stereocenters. The summed E-state index contributed by atoms with van der Waals surface area (Å²) in [7, 11) is -3.23. The van der Waals surface area contributed by atoms with Gasteiger partial charge in [-0.15, -0.1) is 0 Å². The van der Waals surface area contributed by atoms with Crippen LogP contribution in [0, 0.1) is 5.82 Å². The Morgan fingerprint density at radius 1 is 0.971 bits per heavy atom. The van der Waals surface area contributed by atoms with Crippen molar-refractivity contribution in [1.29, 1.82) is 0 Å². The van der Waals surface area contributed by atoms with Crippen molar-refractivity contribution < 1.29 is 26.0 Å². The molecule has 1 heterocycles. The first-order valence-electron chi connectivity index (χ1n) is 10.3. The Hall–Kier alpha value is -3.57. The van der Waals surface area contributed by atoms with Crippen LogP contribution in [-0.4, -0.2) is 29.3 Å². The number of hydrogen-bond donors (Lipinski definition) is 0. The summed E-state index contributed by atoms with van der Waals surface area (Å²) in [5, 5.41) is 0.260. The summed E-state index contributed by atoms with van der Waals surface area (Å²) >= 11 is 0. The second kappa shape index (κ2) is 8.90. The van der Waals surface area contributed by atoms with E-state index >= 15 is 0 Å². The quantitative estimate of drug-likeness (QED) is 0.361. The number of rotatable bonds is 5. The van der Waals surface area contributed by atoms with Crippen molar-refractivity contribution in [2.75, 3.05) is 7.05 Å². The molecule has 0 aliphatic heterocycles. The van der Waals surface area contributed by atoms with Gasteiger partial charge in [-0.25, -0.2) is 17.8 Å². The number of benzene rings is 3. The Labute approximate surface area is 198 Å². The van der Waals surface area contributed by atoms with Crippen molar-refractivity contribution >= 4 is 20.9 Å². The number of alkyl halides is 3. The van der Waals surface area contributed by atoms with E-state index in [1.807, 2.05) is 0 Å². The van der Waals surface area contributed by atoms with Gasteiger partial charge >= 0.3 is 6.18 Å². The van der Waals surface area contributed by atoms with Gasteiger partial charge in [0.1, 0.15) is 11.6 Å². The Kier molecular flexibility index (Phi) is 6.24. The van der Waals surface area contributed by atoms with Gasteiger partial charge in [-0.1, -0.05) is 18.2 Å². The maximum Gasteiger partial charge on any atom is 0.416 e. The highest BCUT2D eigenvalue weighted by Crippen LogP contribution is 2.32. The second-order valence-electron chi connectivity index (χ2n) is 7.83. The van der Waals surface area contributed by atoms with Gasteiger partial charge in [-0.3, -0.25) is 9.36 Å². The largest absolute Gasteiger partial charge is 0.416 e. The summed E-state index contributed by atoms with van der Waals surface area (Å²) in [6.07, 6.45) is -4.72. The third-order valence-corrected chi connectivity index (χ3v) is 7.57. The highest BCUT2D eigenvalue weighted by Gasteiger charge is 2.34. The van der Waals surface area contributed by atoms with Gasteiger partial charge in [0, 0.05) is 7.05 Å². The molecule has 0 saturated heterocycles. The topological polar surface area (TPSA) is 72.3 Å². The normalized spacial score (nSPS) is 13.3. The summed E-state index contributed by atoms with van der Waals surface area (Å²) < 4.78 is 81.6. The molecule has 1 aromatic heterocycles. The first-order valence-corrected chi connectivity index (χ1v) is 11.8. The summed E-state index contributed by atoms with van der Waals surface area (Å²) in [6, 6.07) is 13.8. The first-order chi connectivity index (χ1) is 16.4. The predicted molar refractivity (Wildman–Crippen MR) is 122 cm³/mol. The summed E-state index contributed by atoms with van der Waals surface area (Å²) in [5.74, 6) is -0.521. The number of nitrogens with zero attached hydrogens (tertiary/aromatic N) is 3. The van der Waals surface area contributed by atoms with Crippen molar-refractivity contribution in [3.8, 4) is 5.69 Å². The molecule has 4 rings (SSSR count). The number of sulfonamides is 1. The maximum absolute atomic E-state index is 13.5. The van der Waals surface area contributed by atoms with E-state index in [2.05, 4.69) is 4.98 Å². The molecule has 0 bridgehead atoms. The molecule has 6 nitrogen and oxygen atoms in total. The lowest BCUT2D eigenvalue weighted by atomic mass is 10.2.